The van der Waals surface area contributed by atoms with Crippen LogP contribution in [0.4, 0.5) is 5.82 Å². The third-order valence-electron chi connectivity index (χ3n) is 2.26. The van der Waals surface area contributed by atoms with Crippen LogP contribution in [-0.2, 0) is 0 Å². The third kappa shape index (κ3) is 4.54. The first-order chi connectivity index (χ1) is 8.19. The van der Waals surface area contributed by atoms with Crippen LogP contribution in [0.2, 0.25) is 0 Å². The predicted molar refractivity (Wildman–Crippen MR) is 76.3 cm³/mol. The zero-order chi connectivity index (χ0) is 12.7. The summed E-state index contributed by atoms with van der Waals surface area (Å²) in [5.41, 5.74) is 0. The van der Waals surface area contributed by atoms with Crippen molar-refractivity contribution < 1.29 is 4.74 Å². The third-order valence-corrected chi connectivity index (χ3v) is 2.62. The Hall–Kier alpha value is -0.770. The summed E-state index contributed by atoms with van der Waals surface area (Å²) in [6.07, 6.45) is 3.09. The van der Waals surface area contributed by atoms with Crippen LogP contribution < -0.4 is 9.64 Å². The highest BCUT2D eigenvalue weighted by Gasteiger charge is 2.13. The van der Waals surface area contributed by atoms with E-state index in [9.17, 15) is 0 Å². The average molecular weight is 301 g/mol. The van der Waals surface area contributed by atoms with Gasteiger partial charge < -0.3 is 9.64 Å². The molecular formula is C13H21BrN2O. The van der Waals surface area contributed by atoms with Gasteiger partial charge in [0.2, 0.25) is 0 Å². The standard InChI is InChI=1S/C13H21BrN2O/c1-4-9-16(10-7-14)13-12(17-11(2)3)6-5-8-15-13/h5-6,8,11H,4,7,9-10H2,1-3H3. The molecule has 0 aliphatic heterocycles. The maximum absolute atomic E-state index is 5.80. The van der Waals surface area contributed by atoms with Gasteiger partial charge >= 0.3 is 0 Å². The van der Waals surface area contributed by atoms with Crippen LogP contribution in [0.3, 0.4) is 0 Å². The molecular weight excluding hydrogens is 280 g/mol. The molecule has 0 amide bonds. The molecule has 0 saturated heterocycles. The second-order valence-electron chi connectivity index (χ2n) is 4.17. The predicted octanol–water partition coefficient (Wildman–Crippen LogP) is 3.48. The number of anilines is 1. The number of hydrogen-bond donors (Lipinski definition) is 0. The average Bonchev–Trinajstić information content (AvgIpc) is 2.29. The van der Waals surface area contributed by atoms with Crippen LogP contribution in [0.15, 0.2) is 18.3 Å². The number of aromatic nitrogens is 1. The van der Waals surface area contributed by atoms with Crippen LogP contribution in [0.25, 0.3) is 0 Å². The van der Waals surface area contributed by atoms with Gasteiger partial charge in [0, 0.05) is 24.6 Å². The Morgan fingerprint density at radius 1 is 1.41 bits per heavy atom. The van der Waals surface area contributed by atoms with Crippen molar-refractivity contribution in [3.8, 4) is 5.75 Å². The van der Waals surface area contributed by atoms with Gasteiger partial charge in [0.05, 0.1) is 6.10 Å². The van der Waals surface area contributed by atoms with Crippen molar-refractivity contribution in [1.82, 2.24) is 4.98 Å². The molecule has 96 valence electrons. The Bertz CT molecular complexity index is 325. The smallest absolute Gasteiger partial charge is 0.171 e. The topological polar surface area (TPSA) is 25.4 Å². The monoisotopic (exact) mass is 300 g/mol. The van der Waals surface area contributed by atoms with Crippen LogP contribution in [0.1, 0.15) is 27.2 Å². The van der Waals surface area contributed by atoms with Crippen molar-refractivity contribution in [3.63, 3.8) is 0 Å². The lowest BCUT2D eigenvalue weighted by molar-refractivity contribution is 0.242. The molecule has 1 aromatic rings. The van der Waals surface area contributed by atoms with E-state index in [4.69, 9.17) is 4.74 Å². The maximum atomic E-state index is 5.80. The van der Waals surface area contributed by atoms with Crippen LogP contribution in [0.5, 0.6) is 5.75 Å². The Kier molecular flexibility index (Phi) is 6.34. The first-order valence-corrected chi connectivity index (χ1v) is 7.23. The largest absolute Gasteiger partial charge is 0.487 e. The second kappa shape index (κ2) is 7.54. The summed E-state index contributed by atoms with van der Waals surface area (Å²) < 4.78 is 5.80. The Labute approximate surface area is 112 Å². The molecule has 0 atom stereocenters. The van der Waals surface area contributed by atoms with E-state index in [0.29, 0.717) is 0 Å². The molecule has 0 unspecified atom stereocenters. The van der Waals surface area contributed by atoms with Crippen molar-refractivity contribution in [2.24, 2.45) is 0 Å². The molecule has 0 aliphatic carbocycles. The van der Waals surface area contributed by atoms with Gasteiger partial charge in [0.1, 0.15) is 0 Å². The van der Waals surface area contributed by atoms with Crippen molar-refractivity contribution >= 4 is 21.7 Å². The summed E-state index contributed by atoms with van der Waals surface area (Å²) >= 11 is 3.48. The van der Waals surface area contributed by atoms with Gasteiger partial charge in [-0.1, -0.05) is 22.9 Å². The minimum Gasteiger partial charge on any atom is -0.487 e. The number of nitrogens with zero attached hydrogens (tertiary/aromatic N) is 2. The first-order valence-electron chi connectivity index (χ1n) is 6.11. The van der Waals surface area contributed by atoms with Gasteiger partial charge in [0.15, 0.2) is 11.6 Å². The van der Waals surface area contributed by atoms with E-state index in [1.807, 2.05) is 32.2 Å². The molecule has 0 N–H and O–H groups in total. The van der Waals surface area contributed by atoms with E-state index in [2.05, 4.69) is 32.7 Å². The lowest BCUT2D eigenvalue weighted by Crippen LogP contribution is -2.28. The fourth-order valence-corrected chi connectivity index (χ4v) is 2.09. The van der Waals surface area contributed by atoms with Gasteiger partial charge in [-0.2, -0.15) is 0 Å². The molecule has 3 nitrogen and oxygen atoms in total. The SMILES string of the molecule is CCCN(CCBr)c1ncccc1OC(C)C. The number of halogens is 1. The van der Waals surface area contributed by atoms with E-state index in [1.165, 1.54) is 0 Å². The highest BCUT2D eigenvalue weighted by atomic mass is 79.9. The van der Waals surface area contributed by atoms with E-state index < -0.39 is 0 Å². The normalized spacial score (nSPS) is 10.6. The summed E-state index contributed by atoms with van der Waals surface area (Å²) in [6, 6.07) is 3.90. The van der Waals surface area contributed by atoms with Crippen LogP contribution in [-0.4, -0.2) is 29.5 Å². The summed E-state index contributed by atoms with van der Waals surface area (Å²) in [7, 11) is 0. The summed E-state index contributed by atoms with van der Waals surface area (Å²) in [4.78, 5) is 6.71. The van der Waals surface area contributed by atoms with Crippen LogP contribution >= 0.6 is 15.9 Å². The van der Waals surface area contributed by atoms with Gasteiger partial charge in [0.25, 0.3) is 0 Å². The lowest BCUT2D eigenvalue weighted by Gasteiger charge is -2.25. The number of hydrogen-bond acceptors (Lipinski definition) is 3. The molecule has 1 heterocycles. The van der Waals surface area contributed by atoms with E-state index in [1.54, 1.807) is 0 Å². The molecule has 0 saturated carbocycles. The fourth-order valence-electron chi connectivity index (χ4n) is 1.66. The van der Waals surface area contributed by atoms with Gasteiger partial charge in [-0.25, -0.2) is 4.98 Å². The number of alkyl halides is 1. The Morgan fingerprint density at radius 2 is 2.18 bits per heavy atom. The Balaban J connectivity index is 2.91. The molecule has 0 aromatic carbocycles. The van der Waals surface area contributed by atoms with Crippen LogP contribution in [0, 0.1) is 0 Å². The molecule has 0 bridgehead atoms. The molecule has 0 aliphatic rings. The molecule has 0 radical (unpaired) electrons. The van der Waals surface area contributed by atoms with Crippen molar-refractivity contribution in [2.45, 2.75) is 33.3 Å². The lowest BCUT2D eigenvalue weighted by atomic mass is 10.3. The highest BCUT2D eigenvalue weighted by Crippen LogP contribution is 2.26. The zero-order valence-electron chi connectivity index (χ0n) is 10.8. The fraction of sp³-hybridized carbons (Fsp3) is 0.615. The van der Waals surface area contributed by atoms with Crippen molar-refractivity contribution in [3.05, 3.63) is 18.3 Å². The first kappa shape index (κ1) is 14.3. The minimum atomic E-state index is 0.172. The maximum Gasteiger partial charge on any atom is 0.171 e. The van der Waals surface area contributed by atoms with E-state index in [-0.39, 0.29) is 6.10 Å². The van der Waals surface area contributed by atoms with E-state index >= 15 is 0 Å². The molecule has 1 aromatic heterocycles. The highest BCUT2D eigenvalue weighted by molar-refractivity contribution is 9.09. The van der Waals surface area contributed by atoms with Gasteiger partial charge in [-0.15, -0.1) is 0 Å². The molecule has 1 rings (SSSR count). The quantitative estimate of drug-likeness (QED) is 0.721. The minimum absolute atomic E-state index is 0.172. The second-order valence-corrected chi connectivity index (χ2v) is 4.96. The number of ether oxygens (including phenoxy) is 1. The molecule has 17 heavy (non-hydrogen) atoms. The molecule has 0 fully saturated rings. The van der Waals surface area contributed by atoms with E-state index in [0.717, 1.165) is 36.4 Å². The van der Waals surface area contributed by atoms with Gasteiger partial charge in [-0.05, 0) is 32.4 Å². The molecule has 0 spiro atoms. The van der Waals surface area contributed by atoms with Crippen molar-refractivity contribution in [2.75, 3.05) is 23.3 Å². The summed E-state index contributed by atoms with van der Waals surface area (Å²) in [5.74, 6) is 1.82. The number of pyridine rings is 1. The summed E-state index contributed by atoms with van der Waals surface area (Å²) in [5, 5.41) is 0.935. The number of rotatable bonds is 7. The molecule has 4 heteroatoms. The Morgan fingerprint density at radius 3 is 2.76 bits per heavy atom. The van der Waals surface area contributed by atoms with Gasteiger partial charge in [-0.3, -0.25) is 0 Å². The zero-order valence-corrected chi connectivity index (χ0v) is 12.4. The summed E-state index contributed by atoms with van der Waals surface area (Å²) in [6.45, 7) is 8.18. The van der Waals surface area contributed by atoms with Crippen molar-refractivity contribution in [1.29, 1.82) is 0 Å².